The Bertz CT molecular complexity index is 924. The summed E-state index contributed by atoms with van der Waals surface area (Å²) in [6.07, 6.45) is 58.6. The lowest BCUT2D eigenvalue weighted by Gasteiger charge is -2.18. The van der Waals surface area contributed by atoms with Gasteiger partial charge >= 0.3 is 11.9 Å². The van der Waals surface area contributed by atoms with Crippen molar-refractivity contribution in [3.05, 3.63) is 36.5 Å². The highest BCUT2D eigenvalue weighted by Gasteiger charge is 2.17. The molecule has 0 aliphatic heterocycles. The number of rotatable bonds is 47. The first kappa shape index (κ1) is 56.1. The number of ether oxygens (including phenoxy) is 3. The molecule has 0 amide bonds. The lowest BCUT2D eigenvalue weighted by atomic mass is 10.0. The van der Waals surface area contributed by atoms with E-state index in [2.05, 4.69) is 57.2 Å². The monoisotopic (exact) mass is 815 g/mol. The Morgan fingerprint density at radius 3 is 1.24 bits per heavy atom. The van der Waals surface area contributed by atoms with Crippen LogP contribution in [0, 0.1) is 0 Å². The molecule has 0 radical (unpaired) electrons. The van der Waals surface area contributed by atoms with Crippen LogP contribution in [0.3, 0.4) is 0 Å². The summed E-state index contributed by atoms with van der Waals surface area (Å²) in [5.74, 6) is -0.403. The van der Waals surface area contributed by atoms with Crippen LogP contribution in [0.1, 0.15) is 265 Å². The molecule has 1 atom stereocenters. The predicted octanol–water partition coefficient (Wildman–Crippen LogP) is 17.0. The van der Waals surface area contributed by atoms with E-state index in [-0.39, 0.29) is 25.2 Å². The van der Waals surface area contributed by atoms with Crippen molar-refractivity contribution < 1.29 is 23.8 Å². The summed E-state index contributed by atoms with van der Waals surface area (Å²) in [6.45, 7) is 7.74. The third kappa shape index (κ3) is 46.8. The van der Waals surface area contributed by atoms with Crippen molar-refractivity contribution in [3.8, 4) is 0 Å². The van der Waals surface area contributed by atoms with Gasteiger partial charge in [0, 0.05) is 19.4 Å². The maximum absolute atomic E-state index is 12.8. The zero-order valence-electron chi connectivity index (χ0n) is 39.1. The van der Waals surface area contributed by atoms with Crippen molar-refractivity contribution in [3.63, 3.8) is 0 Å². The summed E-state index contributed by atoms with van der Waals surface area (Å²) < 4.78 is 17.4. The van der Waals surface area contributed by atoms with Crippen molar-refractivity contribution in [1.82, 2.24) is 0 Å². The van der Waals surface area contributed by atoms with Crippen LogP contribution >= 0.6 is 0 Å². The van der Waals surface area contributed by atoms with Crippen LogP contribution in [-0.4, -0.2) is 37.9 Å². The molecule has 0 saturated heterocycles. The highest BCUT2D eigenvalue weighted by atomic mass is 16.6. The molecular weight excluding hydrogens is 717 g/mol. The van der Waals surface area contributed by atoms with Gasteiger partial charge in [-0.1, -0.05) is 237 Å². The van der Waals surface area contributed by atoms with Crippen molar-refractivity contribution in [2.75, 3.05) is 19.8 Å². The van der Waals surface area contributed by atoms with Gasteiger partial charge < -0.3 is 14.2 Å². The molecule has 58 heavy (non-hydrogen) atoms. The fraction of sp³-hybridized carbons (Fsp3) is 0.849. The van der Waals surface area contributed by atoms with E-state index in [0.717, 1.165) is 64.2 Å². The summed E-state index contributed by atoms with van der Waals surface area (Å²) >= 11 is 0. The molecule has 0 aromatic rings. The van der Waals surface area contributed by atoms with Gasteiger partial charge in [-0.15, -0.1) is 0 Å². The fourth-order valence-corrected chi connectivity index (χ4v) is 7.41. The maximum atomic E-state index is 12.8. The molecule has 340 valence electrons. The smallest absolute Gasteiger partial charge is 0.306 e. The average molecular weight is 815 g/mol. The van der Waals surface area contributed by atoms with Crippen LogP contribution in [0.25, 0.3) is 0 Å². The Balaban J connectivity index is 4.22. The molecule has 5 heteroatoms. The number of hydrogen-bond donors (Lipinski definition) is 0. The van der Waals surface area contributed by atoms with Gasteiger partial charge in [0.15, 0.2) is 6.10 Å². The van der Waals surface area contributed by atoms with Gasteiger partial charge in [-0.25, -0.2) is 0 Å². The van der Waals surface area contributed by atoms with E-state index in [1.54, 1.807) is 0 Å². The van der Waals surface area contributed by atoms with Gasteiger partial charge in [-0.3, -0.25) is 9.59 Å². The van der Waals surface area contributed by atoms with E-state index in [1.165, 1.54) is 167 Å². The van der Waals surface area contributed by atoms with Crippen LogP contribution in [0.5, 0.6) is 0 Å². The summed E-state index contributed by atoms with van der Waals surface area (Å²) in [6, 6.07) is 0. The second kappa shape index (κ2) is 49.5. The largest absolute Gasteiger partial charge is 0.462 e. The molecule has 0 bridgehead atoms. The molecule has 0 unspecified atom stereocenters. The second-order valence-electron chi connectivity index (χ2n) is 17.1. The zero-order chi connectivity index (χ0) is 42.1. The molecule has 0 N–H and O–H groups in total. The predicted molar refractivity (Wildman–Crippen MR) is 252 cm³/mol. The Morgan fingerprint density at radius 1 is 0.397 bits per heavy atom. The Kier molecular flexibility index (Phi) is 47.9. The molecule has 0 aromatic carbocycles. The van der Waals surface area contributed by atoms with Crippen molar-refractivity contribution in [2.45, 2.75) is 271 Å². The minimum Gasteiger partial charge on any atom is -0.462 e. The van der Waals surface area contributed by atoms with E-state index in [4.69, 9.17) is 14.2 Å². The molecule has 0 fully saturated rings. The quantitative estimate of drug-likeness (QED) is 0.0348. The molecular formula is C53H98O5. The molecule has 5 nitrogen and oxygen atoms in total. The normalized spacial score (nSPS) is 12.4. The number of carbonyl (C=O) groups is 2. The third-order valence-corrected chi connectivity index (χ3v) is 11.2. The molecule has 0 aliphatic carbocycles. The third-order valence-electron chi connectivity index (χ3n) is 11.2. The molecule has 0 rings (SSSR count). The average Bonchev–Trinajstić information content (AvgIpc) is 3.22. The van der Waals surface area contributed by atoms with Gasteiger partial charge in [0.1, 0.15) is 6.61 Å². The number of hydrogen-bond acceptors (Lipinski definition) is 5. The summed E-state index contributed by atoms with van der Waals surface area (Å²) in [7, 11) is 0. The van der Waals surface area contributed by atoms with Crippen molar-refractivity contribution >= 4 is 11.9 Å². The van der Waals surface area contributed by atoms with Gasteiger partial charge in [0.2, 0.25) is 0 Å². The standard InChI is InChI=1S/C53H98O5/c1-4-7-10-13-16-19-22-24-26-28-30-33-36-39-42-45-48-56-49-51(58-53(55)47-44-41-38-35-31-21-18-15-12-9-6-3)50-57-52(54)46-43-40-37-34-32-29-27-25-23-20-17-14-11-8-5-2/h8,11,17,20,25,27,51H,4-7,9-10,12-16,18-19,21-24,26,28-50H2,1-3H3/b11-8-,20-17-,27-25-/t51-/m1/s1. The number of esters is 2. The van der Waals surface area contributed by atoms with E-state index in [9.17, 15) is 9.59 Å². The van der Waals surface area contributed by atoms with Crippen molar-refractivity contribution in [2.24, 2.45) is 0 Å². The highest BCUT2D eigenvalue weighted by Crippen LogP contribution is 2.16. The van der Waals surface area contributed by atoms with Crippen LogP contribution in [0.2, 0.25) is 0 Å². The fourth-order valence-electron chi connectivity index (χ4n) is 7.41. The number of allylic oxidation sites excluding steroid dienone is 6. The van der Waals surface area contributed by atoms with E-state index < -0.39 is 6.10 Å². The lowest BCUT2D eigenvalue weighted by Crippen LogP contribution is -2.30. The Morgan fingerprint density at radius 2 is 0.776 bits per heavy atom. The number of carbonyl (C=O) groups excluding carboxylic acids is 2. The first-order valence-corrected chi connectivity index (χ1v) is 25.5. The Labute approximate surface area is 361 Å². The molecule has 0 saturated carbocycles. The topological polar surface area (TPSA) is 61.8 Å². The van der Waals surface area contributed by atoms with Crippen molar-refractivity contribution in [1.29, 1.82) is 0 Å². The summed E-state index contributed by atoms with van der Waals surface area (Å²) in [5.41, 5.74) is 0. The van der Waals surface area contributed by atoms with Crippen LogP contribution in [0.4, 0.5) is 0 Å². The van der Waals surface area contributed by atoms with Gasteiger partial charge in [0.25, 0.3) is 0 Å². The first-order chi connectivity index (χ1) is 28.6. The minimum atomic E-state index is -0.536. The van der Waals surface area contributed by atoms with Crippen LogP contribution < -0.4 is 0 Å². The van der Waals surface area contributed by atoms with Gasteiger partial charge in [-0.05, 0) is 51.4 Å². The van der Waals surface area contributed by atoms with E-state index >= 15 is 0 Å². The molecule has 0 aromatic heterocycles. The van der Waals surface area contributed by atoms with E-state index in [1.807, 2.05) is 0 Å². The second-order valence-corrected chi connectivity index (χ2v) is 17.1. The maximum Gasteiger partial charge on any atom is 0.306 e. The van der Waals surface area contributed by atoms with Crippen LogP contribution in [0.15, 0.2) is 36.5 Å². The SMILES string of the molecule is CC/C=C\C/C=C\C/C=C\CCCCCCCC(=O)OC[C@@H](COCCCCCCCCCCCCCCCCCC)OC(=O)CCCCCCCCCCCCC. The number of unbranched alkanes of at least 4 members (excludes halogenated alkanes) is 30. The summed E-state index contributed by atoms with van der Waals surface area (Å²) in [4.78, 5) is 25.3. The molecule has 0 heterocycles. The first-order valence-electron chi connectivity index (χ1n) is 25.5. The lowest BCUT2D eigenvalue weighted by molar-refractivity contribution is -0.163. The molecule has 0 aliphatic rings. The zero-order valence-corrected chi connectivity index (χ0v) is 39.1. The minimum absolute atomic E-state index is 0.0821. The Hall–Kier alpha value is -1.88. The molecule has 0 spiro atoms. The van der Waals surface area contributed by atoms with Gasteiger partial charge in [-0.2, -0.15) is 0 Å². The van der Waals surface area contributed by atoms with Crippen LogP contribution in [-0.2, 0) is 23.8 Å². The van der Waals surface area contributed by atoms with Gasteiger partial charge in [0.05, 0.1) is 6.61 Å². The van der Waals surface area contributed by atoms with E-state index in [0.29, 0.717) is 19.4 Å². The summed E-state index contributed by atoms with van der Waals surface area (Å²) in [5, 5.41) is 0. The highest BCUT2D eigenvalue weighted by molar-refractivity contribution is 5.70.